The third kappa shape index (κ3) is 7.59. The van der Waals surface area contributed by atoms with E-state index in [1.54, 1.807) is 55.0 Å². The number of anilines is 1. The van der Waals surface area contributed by atoms with E-state index in [2.05, 4.69) is 31.4 Å². The highest BCUT2D eigenvalue weighted by Gasteiger charge is 2.34. The van der Waals surface area contributed by atoms with Gasteiger partial charge in [0.2, 0.25) is 0 Å². The van der Waals surface area contributed by atoms with Gasteiger partial charge in [-0.05, 0) is 78.0 Å². The summed E-state index contributed by atoms with van der Waals surface area (Å²) in [4.78, 5) is 27.7. The van der Waals surface area contributed by atoms with Crippen LogP contribution in [0.3, 0.4) is 0 Å². The van der Waals surface area contributed by atoms with Gasteiger partial charge in [-0.25, -0.2) is 4.39 Å². The lowest BCUT2D eigenvalue weighted by Crippen LogP contribution is -2.28. The lowest BCUT2D eigenvalue weighted by molar-refractivity contribution is -0.122. The minimum absolute atomic E-state index is 0.185. The summed E-state index contributed by atoms with van der Waals surface area (Å²) >= 11 is 4.58. The molecular weight excluding hydrogens is 611 g/mol. The predicted molar refractivity (Wildman–Crippen MR) is 161 cm³/mol. The lowest BCUT2D eigenvalue weighted by Gasteiger charge is -2.12. The number of para-hydroxylation sites is 1. The van der Waals surface area contributed by atoms with Crippen LogP contribution in [0.2, 0.25) is 0 Å². The Morgan fingerprint density at radius 2 is 1.83 bits per heavy atom. The van der Waals surface area contributed by atoms with Crippen LogP contribution in [0.15, 0.2) is 115 Å². The highest BCUT2D eigenvalue weighted by Crippen LogP contribution is 2.35. The molecule has 0 aliphatic carbocycles. The fraction of sp³-hybridized carbons (Fsp3) is 0.0667. The number of ether oxygens (including phenoxy) is 1. The first-order valence-corrected chi connectivity index (χ1v) is 13.9. The van der Waals surface area contributed by atoms with Crippen molar-refractivity contribution in [3.05, 3.63) is 123 Å². The van der Waals surface area contributed by atoms with Crippen molar-refractivity contribution in [1.82, 2.24) is 4.90 Å². The molecule has 1 aromatic heterocycles. The summed E-state index contributed by atoms with van der Waals surface area (Å²) in [7, 11) is 0. The number of rotatable bonds is 9. The molecule has 4 aromatic rings. The van der Waals surface area contributed by atoms with E-state index in [1.807, 2.05) is 24.3 Å². The third-order valence-corrected chi connectivity index (χ3v) is 7.22. The van der Waals surface area contributed by atoms with Gasteiger partial charge in [-0.1, -0.05) is 46.3 Å². The van der Waals surface area contributed by atoms with E-state index in [0.717, 1.165) is 10.0 Å². The van der Waals surface area contributed by atoms with E-state index < -0.39 is 11.7 Å². The first-order chi connectivity index (χ1) is 19.9. The van der Waals surface area contributed by atoms with Gasteiger partial charge in [-0.15, -0.1) is 5.10 Å². The van der Waals surface area contributed by atoms with Crippen LogP contribution < -0.4 is 10.1 Å². The molecule has 206 valence electrons. The van der Waals surface area contributed by atoms with Gasteiger partial charge in [-0.2, -0.15) is 5.10 Å². The summed E-state index contributed by atoms with van der Waals surface area (Å²) in [6, 6.07) is 23.6. The summed E-state index contributed by atoms with van der Waals surface area (Å²) in [6.45, 7) is -0.0920. The summed E-state index contributed by atoms with van der Waals surface area (Å²) < 4.78 is 25.3. The number of nitrogens with zero attached hydrogens (tertiary/aromatic N) is 3. The van der Waals surface area contributed by atoms with Crippen LogP contribution in [0, 0.1) is 5.82 Å². The van der Waals surface area contributed by atoms with E-state index in [0.29, 0.717) is 32.8 Å². The number of furan rings is 1. The fourth-order valence-corrected chi connectivity index (χ4v) is 4.91. The second kappa shape index (κ2) is 13.2. The Morgan fingerprint density at radius 3 is 2.59 bits per heavy atom. The van der Waals surface area contributed by atoms with E-state index in [1.165, 1.54) is 40.9 Å². The number of carbonyl (C=O) groups is 2. The quantitative estimate of drug-likeness (QED) is 0.126. The van der Waals surface area contributed by atoms with Crippen molar-refractivity contribution < 1.29 is 23.1 Å². The maximum absolute atomic E-state index is 13.4. The minimum atomic E-state index is -0.409. The Bertz CT molecular complexity index is 1620. The normalized spacial score (nSPS) is 15.3. The van der Waals surface area contributed by atoms with Gasteiger partial charge in [0.05, 0.1) is 23.9 Å². The van der Waals surface area contributed by atoms with Crippen LogP contribution in [0.5, 0.6) is 5.75 Å². The summed E-state index contributed by atoms with van der Waals surface area (Å²) in [6.07, 6.45) is 4.84. The van der Waals surface area contributed by atoms with Gasteiger partial charge in [0.1, 0.15) is 17.3 Å². The molecule has 41 heavy (non-hydrogen) atoms. The van der Waals surface area contributed by atoms with Crippen LogP contribution in [0.4, 0.5) is 10.1 Å². The molecule has 5 rings (SSSR count). The molecule has 2 heterocycles. The highest BCUT2D eigenvalue weighted by molar-refractivity contribution is 9.10. The fourth-order valence-electron chi connectivity index (χ4n) is 3.72. The van der Waals surface area contributed by atoms with Crippen LogP contribution in [-0.4, -0.2) is 34.7 Å². The zero-order valence-corrected chi connectivity index (χ0v) is 23.8. The van der Waals surface area contributed by atoms with Crippen molar-refractivity contribution in [2.45, 2.75) is 6.54 Å². The Morgan fingerprint density at radius 1 is 1.05 bits per heavy atom. The summed E-state index contributed by atoms with van der Waals surface area (Å²) in [5.74, 6) is -0.0617. The summed E-state index contributed by atoms with van der Waals surface area (Å²) in [5.41, 5.74) is 1.92. The molecule has 2 amide bonds. The molecule has 1 aliphatic rings. The smallest absolute Gasteiger partial charge is 0.267 e. The maximum Gasteiger partial charge on any atom is 0.267 e. The van der Waals surface area contributed by atoms with Crippen LogP contribution in [0.1, 0.15) is 16.9 Å². The number of halogens is 2. The molecule has 0 atom stereocenters. The number of benzene rings is 3. The van der Waals surface area contributed by atoms with E-state index in [9.17, 15) is 14.0 Å². The van der Waals surface area contributed by atoms with Gasteiger partial charge in [-0.3, -0.25) is 14.5 Å². The molecule has 3 aromatic carbocycles. The van der Waals surface area contributed by atoms with Crippen molar-refractivity contribution in [1.29, 1.82) is 0 Å². The number of thioether (sulfide) groups is 1. The largest absolute Gasteiger partial charge is 0.483 e. The van der Waals surface area contributed by atoms with Gasteiger partial charge in [0, 0.05) is 15.7 Å². The topological polar surface area (TPSA) is 96.5 Å². The molecule has 0 saturated carbocycles. The lowest BCUT2D eigenvalue weighted by atomic mass is 10.2. The van der Waals surface area contributed by atoms with E-state index in [4.69, 9.17) is 9.15 Å². The van der Waals surface area contributed by atoms with E-state index >= 15 is 0 Å². The molecule has 1 aliphatic heterocycles. The van der Waals surface area contributed by atoms with Crippen molar-refractivity contribution in [3.63, 3.8) is 0 Å². The van der Waals surface area contributed by atoms with Gasteiger partial charge < -0.3 is 14.5 Å². The molecule has 1 fully saturated rings. The average Bonchev–Trinajstić information content (AvgIpc) is 3.59. The molecular formula is C30H22BrFN4O4S. The number of nitrogens with one attached hydrogen (secondary N) is 1. The molecule has 0 bridgehead atoms. The molecule has 1 N–H and O–H groups in total. The molecule has 8 nitrogen and oxygen atoms in total. The Labute approximate surface area is 247 Å². The Kier molecular flexibility index (Phi) is 9.07. The zero-order chi connectivity index (χ0) is 28.6. The van der Waals surface area contributed by atoms with Crippen molar-refractivity contribution in [2.75, 3.05) is 11.9 Å². The van der Waals surface area contributed by atoms with Crippen molar-refractivity contribution in [2.24, 2.45) is 10.2 Å². The second-order valence-corrected chi connectivity index (χ2v) is 10.6. The SMILES string of the molecule is O=C(COc1ccccc1/C=C1\S/C(=N/N=C\c2ccc(Br)cc2)N(Cc2ccco2)C1=O)Nc1ccc(F)cc1. The third-order valence-electron chi connectivity index (χ3n) is 5.69. The van der Waals surface area contributed by atoms with Crippen molar-refractivity contribution in [3.8, 4) is 5.75 Å². The Hall–Kier alpha value is -4.48. The van der Waals surface area contributed by atoms with Crippen molar-refractivity contribution >= 4 is 62.7 Å². The standard InChI is InChI=1S/C30H22BrFN4O4S/c31-22-9-7-20(8-10-22)17-33-35-30-36(18-25-5-3-15-39-25)29(38)27(41-30)16-21-4-1-2-6-26(21)40-19-28(37)34-24-13-11-23(32)12-14-24/h1-17H,18-19H2,(H,34,37)/b27-16-,33-17-,35-30+. The monoisotopic (exact) mass is 632 g/mol. The summed E-state index contributed by atoms with van der Waals surface area (Å²) in [5, 5.41) is 11.6. The van der Waals surface area contributed by atoms with Gasteiger partial charge >= 0.3 is 0 Å². The first-order valence-electron chi connectivity index (χ1n) is 12.3. The second-order valence-electron chi connectivity index (χ2n) is 8.64. The van der Waals surface area contributed by atoms with Crippen LogP contribution in [0.25, 0.3) is 6.08 Å². The number of amidine groups is 1. The predicted octanol–water partition coefficient (Wildman–Crippen LogP) is 6.71. The first kappa shape index (κ1) is 28.1. The maximum atomic E-state index is 13.4. The molecule has 0 radical (unpaired) electrons. The van der Waals surface area contributed by atoms with Gasteiger partial charge in [0.25, 0.3) is 11.8 Å². The van der Waals surface area contributed by atoms with Gasteiger partial charge in [0.15, 0.2) is 11.8 Å². The number of amides is 2. The molecule has 0 unspecified atom stereocenters. The average molecular weight is 633 g/mol. The minimum Gasteiger partial charge on any atom is -0.483 e. The number of carbonyl (C=O) groups excluding carboxylic acids is 2. The van der Waals surface area contributed by atoms with Crippen LogP contribution >= 0.6 is 27.7 Å². The number of hydrogen-bond acceptors (Lipinski definition) is 7. The number of hydrogen-bond donors (Lipinski definition) is 1. The van der Waals surface area contributed by atoms with Crippen LogP contribution in [-0.2, 0) is 16.1 Å². The highest BCUT2D eigenvalue weighted by atomic mass is 79.9. The molecule has 11 heteroatoms. The molecule has 1 saturated heterocycles. The Balaban J connectivity index is 1.33. The van der Waals surface area contributed by atoms with E-state index in [-0.39, 0.29) is 19.1 Å². The molecule has 0 spiro atoms. The zero-order valence-electron chi connectivity index (χ0n) is 21.4.